The number of hydrogen-bond donors (Lipinski definition) is 0. The van der Waals surface area contributed by atoms with Gasteiger partial charge >= 0.3 is 0 Å². The van der Waals surface area contributed by atoms with Gasteiger partial charge in [0.05, 0.1) is 6.42 Å². The average Bonchev–Trinajstić information content (AvgIpc) is 2.80. The number of hydrogen-bond acceptors (Lipinski definition) is 5. The van der Waals surface area contributed by atoms with Crippen LogP contribution in [0.4, 0.5) is 4.39 Å². The molecule has 4 nitrogen and oxygen atoms in total. The third-order valence-corrected chi connectivity index (χ3v) is 3.03. The van der Waals surface area contributed by atoms with Crippen molar-refractivity contribution in [2.24, 2.45) is 0 Å². The minimum absolute atomic E-state index is 0.269. The molecule has 94 valence electrons. The summed E-state index contributed by atoms with van der Waals surface area (Å²) in [7, 11) is 0. The molecule has 0 radical (unpaired) electrons. The summed E-state index contributed by atoms with van der Waals surface area (Å²) in [6, 6.07) is 6.15. The van der Waals surface area contributed by atoms with Gasteiger partial charge in [0, 0.05) is 12.2 Å². The van der Waals surface area contributed by atoms with Crippen molar-refractivity contribution < 1.29 is 13.6 Å². The first-order chi connectivity index (χ1) is 8.78. The molecule has 0 bridgehead atoms. The number of halogens is 1. The van der Waals surface area contributed by atoms with Gasteiger partial charge in [-0.2, -0.15) is 0 Å². The fourth-order valence-electron chi connectivity index (χ4n) is 1.34. The second-order valence-corrected chi connectivity index (χ2v) is 4.61. The van der Waals surface area contributed by atoms with Crippen molar-refractivity contribution in [1.29, 1.82) is 0 Å². The standard InChI is InChI=1S/C12H11FN2O2S/c13-10-4-2-9(3-5-10)8-11-14-15-12(17-11)18-7-1-6-16/h2-6H,1,7-8H2. The van der Waals surface area contributed by atoms with E-state index in [0.29, 0.717) is 29.7 Å². The number of carbonyl (C=O) groups is 1. The van der Waals surface area contributed by atoms with Gasteiger partial charge in [-0.15, -0.1) is 10.2 Å². The maximum Gasteiger partial charge on any atom is 0.276 e. The number of thioether (sulfide) groups is 1. The first kappa shape index (κ1) is 12.8. The van der Waals surface area contributed by atoms with Crippen molar-refractivity contribution in [1.82, 2.24) is 10.2 Å². The summed E-state index contributed by atoms with van der Waals surface area (Å²) in [6.07, 6.45) is 1.78. The number of aromatic nitrogens is 2. The molecule has 0 fully saturated rings. The van der Waals surface area contributed by atoms with E-state index < -0.39 is 0 Å². The summed E-state index contributed by atoms with van der Waals surface area (Å²) in [6.45, 7) is 0. The zero-order chi connectivity index (χ0) is 12.8. The van der Waals surface area contributed by atoms with Crippen LogP contribution in [0.2, 0.25) is 0 Å². The molecule has 1 heterocycles. The van der Waals surface area contributed by atoms with E-state index in [1.807, 2.05) is 0 Å². The Bertz CT molecular complexity index is 513. The molecule has 0 aliphatic rings. The summed E-state index contributed by atoms with van der Waals surface area (Å²) < 4.78 is 18.1. The van der Waals surface area contributed by atoms with Gasteiger partial charge < -0.3 is 9.21 Å². The van der Waals surface area contributed by atoms with Crippen molar-refractivity contribution in [2.45, 2.75) is 18.1 Å². The molecule has 0 atom stereocenters. The van der Waals surface area contributed by atoms with Crippen LogP contribution in [-0.2, 0) is 11.2 Å². The van der Waals surface area contributed by atoms with Crippen molar-refractivity contribution in [3.05, 3.63) is 41.5 Å². The zero-order valence-corrected chi connectivity index (χ0v) is 10.3. The smallest absolute Gasteiger partial charge is 0.276 e. The van der Waals surface area contributed by atoms with Gasteiger partial charge in [-0.3, -0.25) is 0 Å². The highest BCUT2D eigenvalue weighted by Gasteiger charge is 2.07. The molecular formula is C12H11FN2O2S. The molecule has 0 saturated carbocycles. The van der Waals surface area contributed by atoms with Crippen LogP contribution in [0.25, 0.3) is 0 Å². The van der Waals surface area contributed by atoms with Crippen molar-refractivity contribution in [3.8, 4) is 0 Å². The lowest BCUT2D eigenvalue weighted by Crippen LogP contribution is -1.88. The second kappa shape index (κ2) is 6.30. The van der Waals surface area contributed by atoms with Gasteiger partial charge in [0.15, 0.2) is 0 Å². The monoisotopic (exact) mass is 266 g/mol. The third kappa shape index (κ3) is 3.66. The van der Waals surface area contributed by atoms with Gasteiger partial charge in [0.25, 0.3) is 5.22 Å². The maximum absolute atomic E-state index is 12.7. The molecule has 0 aliphatic carbocycles. The quantitative estimate of drug-likeness (QED) is 0.457. The Hall–Kier alpha value is -1.69. The summed E-state index contributed by atoms with van der Waals surface area (Å²) in [5.74, 6) is 0.839. The van der Waals surface area contributed by atoms with Crippen LogP contribution in [0.5, 0.6) is 0 Å². The molecule has 0 amide bonds. The van der Waals surface area contributed by atoms with Crippen LogP contribution < -0.4 is 0 Å². The average molecular weight is 266 g/mol. The molecule has 2 rings (SSSR count). The summed E-state index contributed by atoms with van der Waals surface area (Å²) in [5, 5.41) is 8.20. The van der Waals surface area contributed by atoms with Crippen molar-refractivity contribution in [2.75, 3.05) is 5.75 Å². The molecule has 0 N–H and O–H groups in total. The Labute approximate surface area is 108 Å². The van der Waals surface area contributed by atoms with Crippen molar-refractivity contribution in [3.63, 3.8) is 0 Å². The van der Waals surface area contributed by atoms with Gasteiger partial charge in [-0.1, -0.05) is 23.9 Å². The molecule has 1 aromatic heterocycles. The lowest BCUT2D eigenvalue weighted by Gasteiger charge is -1.96. The molecule has 18 heavy (non-hydrogen) atoms. The number of aldehydes is 1. The Morgan fingerprint density at radius 3 is 2.78 bits per heavy atom. The summed E-state index contributed by atoms with van der Waals surface area (Å²) >= 11 is 1.35. The highest BCUT2D eigenvalue weighted by Crippen LogP contribution is 2.18. The minimum Gasteiger partial charge on any atom is -0.416 e. The second-order valence-electron chi connectivity index (χ2n) is 3.57. The Morgan fingerprint density at radius 1 is 1.28 bits per heavy atom. The van der Waals surface area contributed by atoms with E-state index in [4.69, 9.17) is 4.42 Å². The SMILES string of the molecule is O=CCCSc1nnc(Cc2ccc(F)cc2)o1. The van der Waals surface area contributed by atoms with Gasteiger partial charge in [-0.25, -0.2) is 4.39 Å². The lowest BCUT2D eigenvalue weighted by molar-refractivity contribution is -0.107. The van der Waals surface area contributed by atoms with Crippen LogP contribution in [0, 0.1) is 5.82 Å². The van der Waals surface area contributed by atoms with E-state index in [1.165, 1.54) is 23.9 Å². The molecule has 6 heteroatoms. The van der Waals surface area contributed by atoms with Crippen LogP contribution >= 0.6 is 11.8 Å². The van der Waals surface area contributed by atoms with Crippen LogP contribution in [0.15, 0.2) is 33.9 Å². The molecule has 0 saturated heterocycles. The molecule has 1 aromatic carbocycles. The maximum atomic E-state index is 12.7. The van der Waals surface area contributed by atoms with E-state index in [-0.39, 0.29) is 5.82 Å². The van der Waals surface area contributed by atoms with Gasteiger partial charge in [0.2, 0.25) is 5.89 Å². The summed E-state index contributed by atoms with van der Waals surface area (Å²) in [4.78, 5) is 10.2. The topological polar surface area (TPSA) is 56.0 Å². The number of carbonyl (C=O) groups excluding carboxylic acids is 1. The predicted octanol–water partition coefficient (Wildman–Crippen LogP) is 2.48. The normalized spacial score (nSPS) is 10.5. The molecule has 0 unspecified atom stereocenters. The number of benzene rings is 1. The fourth-order valence-corrected chi connectivity index (χ4v) is 1.98. The van der Waals surface area contributed by atoms with Crippen LogP contribution in [0.3, 0.4) is 0 Å². The molecule has 2 aromatic rings. The largest absolute Gasteiger partial charge is 0.416 e. The predicted molar refractivity (Wildman–Crippen MR) is 64.9 cm³/mol. The minimum atomic E-state index is -0.269. The fraction of sp³-hybridized carbons (Fsp3) is 0.250. The summed E-state index contributed by atoms with van der Waals surface area (Å²) in [5.41, 5.74) is 0.907. The highest BCUT2D eigenvalue weighted by molar-refractivity contribution is 7.99. The Morgan fingerprint density at radius 2 is 2.06 bits per heavy atom. The third-order valence-electron chi connectivity index (χ3n) is 2.18. The highest BCUT2D eigenvalue weighted by atomic mass is 32.2. The van der Waals surface area contributed by atoms with E-state index in [2.05, 4.69) is 10.2 Å². The molecule has 0 spiro atoms. The van der Waals surface area contributed by atoms with Crippen LogP contribution in [0.1, 0.15) is 17.9 Å². The first-order valence-electron chi connectivity index (χ1n) is 5.41. The van der Waals surface area contributed by atoms with E-state index in [1.54, 1.807) is 12.1 Å². The van der Waals surface area contributed by atoms with E-state index in [0.717, 1.165) is 11.8 Å². The number of rotatable bonds is 6. The van der Waals surface area contributed by atoms with Gasteiger partial charge in [0.1, 0.15) is 12.1 Å². The lowest BCUT2D eigenvalue weighted by atomic mass is 10.1. The Kier molecular flexibility index (Phi) is 4.46. The first-order valence-corrected chi connectivity index (χ1v) is 6.40. The van der Waals surface area contributed by atoms with E-state index >= 15 is 0 Å². The number of nitrogens with zero attached hydrogens (tertiary/aromatic N) is 2. The van der Waals surface area contributed by atoms with Gasteiger partial charge in [-0.05, 0) is 17.7 Å². The van der Waals surface area contributed by atoms with Crippen LogP contribution in [-0.4, -0.2) is 22.2 Å². The molecular weight excluding hydrogens is 255 g/mol. The van der Waals surface area contributed by atoms with Crippen molar-refractivity contribution >= 4 is 18.0 Å². The Balaban J connectivity index is 1.93. The van der Waals surface area contributed by atoms with E-state index in [9.17, 15) is 9.18 Å². The molecule has 0 aliphatic heterocycles. The zero-order valence-electron chi connectivity index (χ0n) is 9.51.